The number of carbonyl (C=O) groups is 1. The average molecular weight is 345 g/mol. The fourth-order valence-corrected chi connectivity index (χ4v) is 2.44. The van der Waals surface area contributed by atoms with Crippen molar-refractivity contribution in [3.05, 3.63) is 76.3 Å². The van der Waals surface area contributed by atoms with Crippen LogP contribution in [0.5, 0.6) is 0 Å². The molecule has 0 saturated carbocycles. The first kappa shape index (κ1) is 16.1. The Kier molecular flexibility index (Phi) is 4.57. The van der Waals surface area contributed by atoms with Crippen LogP contribution in [0.1, 0.15) is 21.7 Å². The molecule has 1 aromatic heterocycles. The summed E-state index contributed by atoms with van der Waals surface area (Å²) in [6.45, 7) is 2.04. The smallest absolute Gasteiger partial charge is 0.274 e. The Morgan fingerprint density at radius 1 is 1.25 bits per heavy atom. The molecule has 2 aromatic carbocycles. The van der Waals surface area contributed by atoms with Crippen molar-refractivity contribution >= 4 is 17.5 Å². The van der Waals surface area contributed by atoms with Crippen LogP contribution in [0.15, 0.2) is 48.5 Å². The van der Waals surface area contributed by atoms with Crippen molar-refractivity contribution in [2.45, 2.75) is 13.5 Å². The normalized spacial score (nSPS) is 10.6. The van der Waals surface area contributed by atoms with E-state index in [-0.39, 0.29) is 24.0 Å². The maximum absolute atomic E-state index is 12.9. The molecule has 3 rings (SSSR count). The largest absolute Gasteiger partial charge is 0.347 e. The Labute approximate surface area is 143 Å². The number of hydrogen-bond acceptors (Lipinski definition) is 3. The molecule has 3 aromatic rings. The van der Waals surface area contributed by atoms with Gasteiger partial charge in [0.1, 0.15) is 5.82 Å². The SMILES string of the molecule is Cc1c(C(=O)NCc2ccc(F)cc2)nnn1-c1cccc(Cl)c1. The minimum absolute atomic E-state index is 0.233. The van der Waals surface area contributed by atoms with E-state index in [1.807, 2.05) is 6.07 Å². The van der Waals surface area contributed by atoms with Gasteiger partial charge in [-0.25, -0.2) is 9.07 Å². The summed E-state index contributed by atoms with van der Waals surface area (Å²) in [5.41, 5.74) is 2.36. The molecule has 1 heterocycles. The quantitative estimate of drug-likeness (QED) is 0.790. The fraction of sp³-hybridized carbons (Fsp3) is 0.118. The zero-order valence-corrected chi connectivity index (χ0v) is 13.6. The lowest BCUT2D eigenvalue weighted by atomic mass is 10.2. The summed E-state index contributed by atoms with van der Waals surface area (Å²) >= 11 is 5.98. The third-order valence-corrected chi connectivity index (χ3v) is 3.76. The van der Waals surface area contributed by atoms with E-state index in [4.69, 9.17) is 11.6 Å². The maximum atomic E-state index is 12.9. The molecule has 0 atom stereocenters. The molecule has 7 heteroatoms. The summed E-state index contributed by atoms with van der Waals surface area (Å²) in [4.78, 5) is 12.3. The molecule has 0 fully saturated rings. The van der Waals surface area contributed by atoms with Crippen LogP contribution in [0, 0.1) is 12.7 Å². The van der Waals surface area contributed by atoms with Gasteiger partial charge in [-0.2, -0.15) is 0 Å². The van der Waals surface area contributed by atoms with Crippen LogP contribution in [0.4, 0.5) is 4.39 Å². The molecule has 0 bridgehead atoms. The van der Waals surface area contributed by atoms with Crippen LogP contribution in [0.25, 0.3) is 5.69 Å². The van der Waals surface area contributed by atoms with Crippen LogP contribution in [-0.4, -0.2) is 20.9 Å². The Morgan fingerprint density at radius 2 is 2.00 bits per heavy atom. The number of halogens is 2. The van der Waals surface area contributed by atoms with E-state index in [2.05, 4.69) is 15.6 Å². The standard InChI is InChI=1S/C17H14ClFN4O/c1-11-16(17(24)20-10-12-5-7-14(19)8-6-12)21-22-23(11)15-4-2-3-13(18)9-15/h2-9H,10H2,1H3,(H,20,24). The predicted molar refractivity (Wildman–Crippen MR) is 88.7 cm³/mol. The second-order valence-corrected chi connectivity index (χ2v) is 5.66. The lowest BCUT2D eigenvalue weighted by Crippen LogP contribution is -2.24. The molecular weight excluding hydrogens is 331 g/mol. The summed E-state index contributed by atoms with van der Waals surface area (Å²) in [7, 11) is 0. The number of carbonyl (C=O) groups excluding carboxylic acids is 1. The summed E-state index contributed by atoms with van der Waals surface area (Å²) in [5.74, 6) is -0.657. The van der Waals surface area contributed by atoms with Gasteiger partial charge in [0, 0.05) is 11.6 Å². The van der Waals surface area contributed by atoms with Gasteiger partial charge in [-0.3, -0.25) is 4.79 Å². The lowest BCUT2D eigenvalue weighted by Gasteiger charge is -2.05. The number of aromatic nitrogens is 3. The van der Waals surface area contributed by atoms with Gasteiger partial charge in [0.05, 0.1) is 11.4 Å². The minimum Gasteiger partial charge on any atom is -0.347 e. The third-order valence-electron chi connectivity index (χ3n) is 3.53. The van der Waals surface area contributed by atoms with Gasteiger partial charge in [-0.1, -0.05) is 35.0 Å². The van der Waals surface area contributed by atoms with E-state index in [0.717, 1.165) is 11.3 Å². The van der Waals surface area contributed by atoms with E-state index in [9.17, 15) is 9.18 Å². The maximum Gasteiger partial charge on any atom is 0.274 e. The zero-order valence-electron chi connectivity index (χ0n) is 12.8. The zero-order chi connectivity index (χ0) is 17.1. The van der Waals surface area contributed by atoms with E-state index in [1.54, 1.807) is 41.9 Å². The van der Waals surface area contributed by atoms with Gasteiger partial charge in [0.2, 0.25) is 0 Å². The molecule has 0 unspecified atom stereocenters. The minimum atomic E-state index is -0.342. The summed E-state index contributed by atoms with van der Waals surface area (Å²) in [6.07, 6.45) is 0. The highest BCUT2D eigenvalue weighted by Gasteiger charge is 2.17. The van der Waals surface area contributed by atoms with Gasteiger partial charge in [-0.05, 0) is 42.8 Å². The first-order valence-corrected chi connectivity index (χ1v) is 7.63. The Morgan fingerprint density at radius 3 is 2.71 bits per heavy atom. The highest BCUT2D eigenvalue weighted by Crippen LogP contribution is 2.16. The number of amides is 1. The topological polar surface area (TPSA) is 59.8 Å². The fourth-order valence-electron chi connectivity index (χ4n) is 2.26. The van der Waals surface area contributed by atoms with Crippen molar-refractivity contribution in [1.82, 2.24) is 20.3 Å². The van der Waals surface area contributed by atoms with Crippen molar-refractivity contribution in [2.75, 3.05) is 0 Å². The van der Waals surface area contributed by atoms with Crippen LogP contribution in [0.3, 0.4) is 0 Å². The number of rotatable bonds is 4. The lowest BCUT2D eigenvalue weighted by molar-refractivity contribution is 0.0945. The number of hydrogen-bond donors (Lipinski definition) is 1. The van der Waals surface area contributed by atoms with Crippen molar-refractivity contribution in [1.29, 1.82) is 0 Å². The molecule has 0 aliphatic heterocycles. The first-order chi connectivity index (χ1) is 11.5. The van der Waals surface area contributed by atoms with Crippen LogP contribution >= 0.6 is 11.6 Å². The molecule has 122 valence electrons. The Bertz CT molecular complexity index is 877. The first-order valence-electron chi connectivity index (χ1n) is 7.25. The molecule has 0 aliphatic carbocycles. The van der Waals surface area contributed by atoms with Gasteiger partial charge in [0.15, 0.2) is 5.69 Å². The molecule has 0 saturated heterocycles. The highest BCUT2D eigenvalue weighted by atomic mass is 35.5. The highest BCUT2D eigenvalue weighted by molar-refractivity contribution is 6.30. The summed E-state index contributed by atoms with van der Waals surface area (Å²) in [6, 6.07) is 13.1. The molecule has 1 N–H and O–H groups in total. The van der Waals surface area contributed by atoms with E-state index < -0.39 is 0 Å². The number of nitrogens with one attached hydrogen (secondary N) is 1. The van der Waals surface area contributed by atoms with Crippen molar-refractivity contribution in [3.63, 3.8) is 0 Å². The van der Waals surface area contributed by atoms with Crippen LogP contribution in [-0.2, 0) is 6.54 Å². The Balaban J connectivity index is 1.75. The average Bonchev–Trinajstić information content (AvgIpc) is 2.96. The van der Waals surface area contributed by atoms with E-state index in [0.29, 0.717) is 10.7 Å². The molecule has 0 aliphatic rings. The molecular formula is C17H14ClFN4O. The molecule has 24 heavy (non-hydrogen) atoms. The predicted octanol–water partition coefficient (Wildman–Crippen LogP) is 3.30. The van der Waals surface area contributed by atoms with Crippen LogP contribution in [0.2, 0.25) is 5.02 Å². The second kappa shape index (κ2) is 6.80. The monoisotopic (exact) mass is 344 g/mol. The number of benzene rings is 2. The van der Waals surface area contributed by atoms with E-state index >= 15 is 0 Å². The molecule has 1 amide bonds. The van der Waals surface area contributed by atoms with Gasteiger partial charge < -0.3 is 5.32 Å². The van der Waals surface area contributed by atoms with Gasteiger partial charge >= 0.3 is 0 Å². The van der Waals surface area contributed by atoms with Crippen molar-refractivity contribution in [2.24, 2.45) is 0 Å². The Hall–Kier alpha value is -2.73. The van der Waals surface area contributed by atoms with Gasteiger partial charge in [-0.15, -0.1) is 5.10 Å². The molecule has 0 spiro atoms. The summed E-state index contributed by atoms with van der Waals surface area (Å²) < 4.78 is 14.4. The van der Waals surface area contributed by atoms with Crippen LogP contribution < -0.4 is 5.32 Å². The molecule has 5 nitrogen and oxygen atoms in total. The summed E-state index contributed by atoms with van der Waals surface area (Å²) in [5, 5.41) is 11.3. The third kappa shape index (κ3) is 3.44. The van der Waals surface area contributed by atoms with Crippen molar-refractivity contribution < 1.29 is 9.18 Å². The number of nitrogens with zero attached hydrogens (tertiary/aromatic N) is 3. The van der Waals surface area contributed by atoms with E-state index in [1.165, 1.54) is 12.1 Å². The van der Waals surface area contributed by atoms with Crippen molar-refractivity contribution in [3.8, 4) is 5.69 Å². The molecule has 0 radical (unpaired) electrons. The van der Waals surface area contributed by atoms with Gasteiger partial charge in [0.25, 0.3) is 5.91 Å². The second-order valence-electron chi connectivity index (χ2n) is 5.22.